The van der Waals surface area contributed by atoms with Crippen LogP contribution in [0.4, 0.5) is 0 Å². The molecule has 1 N–H and O–H groups in total. The van der Waals surface area contributed by atoms with E-state index in [1.807, 2.05) is 15.8 Å². The molecule has 0 atom stereocenters. The average Bonchev–Trinajstić information content (AvgIpc) is 3.17. The highest BCUT2D eigenvalue weighted by molar-refractivity contribution is 7.17. The SMILES string of the molecule is CNC(=O)CCCc1nnc2n(CC(C)C)c(=O)c3sccc3n12. The van der Waals surface area contributed by atoms with Crippen LogP contribution in [0.15, 0.2) is 16.2 Å². The minimum absolute atomic E-state index is 0.00879. The molecule has 3 aromatic rings. The first-order valence-electron chi connectivity index (χ1n) is 8.07. The lowest BCUT2D eigenvalue weighted by atomic mass is 10.2. The van der Waals surface area contributed by atoms with Gasteiger partial charge in [0.2, 0.25) is 11.7 Å². The van der Waals surface area contributed by atoms with Crippen LogP contribution in [0.25, 0.3) is 16.0 Å². The first-order chi connectivity index (χ1) is 11.5. The van der Waals surface area contributed by atoms with E-state index in [2.05, 4.69) is 29.4 Å². The number of aromatic nitrogens is 4. The molecule has 0 aliphatic rings. The van der Waals surface area contributed by atoms with Gasteiger partial charge < -0.3 is 5.32 Å². The highest BCUT2D eigenvalue weighted by Gasteiger charge is 2.17. The van der Waals surface area contributed by atoms with Crippen molar-refractivity contribution in [2.24, 2.45) is 5.92 Å². The third-order valence-corrected chi connectivity index (χ3v) is 4.80. The lowest BCUT2D eigenvalue weighted by molar-refractivity contribution is -0.120. The molecule has 0 radical (unpaired) electrons. The summed E-state index contributed by atoms with van der Waals surface area (Å²) in [6, 6.07) is 1.93. The Hall–Kier alpha value is -2.22. The van der Waals surface area contributed by atoms with E-state index in [-0.39, 0.29) is 11.5 Å². The van der Waals surface area contributed by atoms with Crippen molar-refractivity contribution in [1.29, 1.82) is 0 Å². The molecule has 3 heterocycles. The molecule has 1 amide bonds. The topological polar surface area (TPSA) is 81.3 Å². The van der Waals surface area contributed by atoms with Crippen LogP contribution >= 0.6 is 11.3 Å². The van der Waals surface area contributed by atoms with Gasteiger partial charge in [-0.3, -0.25) is 18.6 Å². The van der Waals surface area contributed by atoms with E-state index in [0.29, 0.717) is 37.5 Å². The summed E-state index contributed by atoms with van der Waals surface area (Å²) >= 11 is 1.44. The van der Waals surface area contributed by atoms with E-state index < -0.39 is 0 Å². The van der Waals surface area contributed by atoms with E-state index in [1.54, 1.807) is 11.6 Å². The predicted octanol–water partition coefficient (Wildman–Crippen LogP) is 1.83. The maximum Gasteiger partial charge on any atom is 0.272 e. The van der Waals surface area contributed by atoms with Crippen LogP contribution in [0.3, 0.4) is 0 Å². The standard InChI is InChI=1S/C16H21N5O2S/c1-10(2)9-20-15(23)14-11(7-8-24-14)21-12(18-19-16(20)21)5-4-6-13(22)17-3/h7-8,10H,4-6,9H2,1-3H3,(H,17,22). The number of hydrogen-bond acceptors (Lipinski definition) is 5. The molecule has 3 aromatic heterocycles. The monoisotopic (exact) mass is 347 g/mol. The fourth-order valence-corrected chi connectivity index (χ4v) is 3.63. The zero-order chi connectivity index (χ0) is 17.3. The number of aryl methyl sites for hydroxylation is 1. The number of nitrogens with zero attached hydrogens (tertiary/aromatic N) is 4. The summed E-state index contributed by atoms with van der Waals surface area (Å²) in [5.41, 5.74) is 0.838. The highest BCUT2D eigenvalue weighted by atomic mass is 32.1. The van der Waals surface area contributed by atoms with E-state index in [4.69, 9.17) is 0 Å². The van der Waals surface area contributed by atoms with Gasteiger partial charge in [-0.1, -0.05) is 13.8 Å². The number of rotatable bonds is 6. The van der Waals surface area contributed by atoms with Crippen molar-refractivity contribution < 1.29 is 4.79 Å². The van der Waals surface area contributed by atoms with Crippen LogP contribution in [0.1, 0.15) is 32.5 Å². The van der Waals surface area contributed by atoms with Crippen molar-refractivity contribution >= 4 is 33.2 Å². The molecule has 7 nitrogen and oxygen atoms in total. The van der Waals surface area contributed by atoms with Crippen molar-refractivity contribution in [2.75, 3.05) is 7.05 Å². The Morgan fingerprint density at radius 3 is 2.88 bits per heavy atom. The normalized spacial score (nSPS) is 11.7. The quantitative estimate of drug-likeness (QED) is 0.737. The van der Waals surface area contributed by atoms with Gasteiger partial charge in [-0.2, -0.15) is 0 Å². The summed E-state index contributed by atoms with van der Waals surface area (Å²) in [6.07, 6.45) is 1.78. The first kappa shape index (κ1) is 16.6. The summed E-state index contributed by atoms with van der Waals surface area (Å²) in [5.74, 6) is 1.71. The molecule has 0 spiro atoms. The average molecular weight is 347 g/mol. The van der Waals surface area contributed by atoms with Crippen LogP contribution < -0.4 is 10.9 Å². The zero-order valence-corrected chi connectivity index (χ0v) is 14.9. The summed E-state index contributed by atoms with van der Waals surface area (Å²) in [5, 5.41) is 13.1. The van der Waals surface area contributed by atoms with Crippen LogP contribution in [-0.2, 0) is 17.8 Å². The van der Waals surface area contributed by atoms with Crippen LogP contribution in [-0.4, -0.2) is 32.1 Å². The summed E-state index contributed by atoms with van der Waals surface area (Å²) in [4.78, 5) is 24.1. The molecular weight excluding hydrogens is 326 g/mol. The van der Waals surface area contributed by atoms with E-state index in [1.165, 1.54) is 11.3 Å². The van der Waals surface area contributed by atoms with Crippen LogP contribution in [0.2, 0.25) is 0 Å². The molecule has 0 saturated carbocycles. The number of amides is 1. The second-order valence-corrected chi connectivity index (χ2v) is 7.14. The Kier molecular flexibility index (Phi) is 4.66. The van der Waals surface area contributed by atoms with Gasteiger partial charge >= 0.3 is 0 Å². The molecular formula is C16H21N5O2S. The molecule has 8 heteroatoms. The van der Waals surface area contributed by atoms with Gasteiger partial charge in [0.25, 0.3) is 5.56 Å². The summed E-state index contributed by atoms with van der Waals surface area (Å²) < 4.78 is 4.38. The first-order valence-corrected chi connectivity index (χ1v) is 8.95. The fourth-order valence-electron chi connectivity index (χ4n) is 2.80. The van der Waals surface area contributed by atoms with Crippen molar-refractivity contribution in [2.45, 2.75) is 39.7 Å². The van der Waals surface area contributed by atoms with Crippen molar-refractivity contribution in [3.63, 3.8) is 0 Å². The Labute approximate surface area is 143 Å². The molecule has 3 rings (SSSR count). The third kappa shape index (κ3) is 2.93. The van der Waals surface area contributed by atoms with Crippen molar-refractivity contribution in [3.05, 3.63) is 27.6 Å². The predicted molar refractivity (Wildman–Crippen MR) is 94.5 cm³/mol. The molecule has 0 bridgehead atoms. The highest BCUT2D eigenvalue weighted by Crippen LogP contribution is 2.21. The Morgan fingerprint density at radius 2 is 2.17 bits per heavy atom. The number of thiophene rings is 1. The largest absolute Gasteiger partial charge is 0.359 e. The third-order valence-electron chi connectivity index (χ3n) is 3.91. The van der Waals surface area contributed by atoms with Gasteiger partial charge in [-0.15, -0.1) is 21.5 Å². The molecule has 128 valence electrons. The molecule has 0 aromatic carbocycles. The van der Waals surface area contributed by atoms with Crippen LogP contribution in [0, 0.1) is 5.92 Å². The van der Waals surface area contributed by atoms with Gasteiger partial charge in [-0.05, 0) is 23.8 Å². The van der Waals surface area contributed by atoms with Gasteiger partial charge in [0, 0.05) is 26.4 Å². The maximum atomic E-state index is 12.7. The van der Waals surface area contributed by atoms with E-state index in [0.717, 1.165) is 16.0 Å². The molecule has 0 unspecified atom stereocenters. The summed E-state index contributed by atoms with van der Waals surface area (Å²) in [7, 11) is 1.63. The molecule has 0 aliphatic carbocycles. The van der Waals surface area contributed by atoms with Gasteiger partial charge in [-0.25, -0.2) is 0 Å². The molecule has 0 saturated heterocycles. The number of carbonyl (C=O) groups excluding carboxylic acids is 1. The fraction of sp³-hybridized carbons (Fsp3) is 0.500. The number of fused-ring (bicyclic) bond motifs is 3. The Balaban J connectivity index is 2.08. The second kappa shape index (κ2) is 6.72. The minimum Gasteiger partial charge on any atom is -0.359 e. The second-order valence-electron chi connectivity index (χ2n) is 6.22. The number of nitrogens with one attached hydrogen (secondary N) is 1. The molecule has 0 aliphatic heterocycles. The number of hydrogen-bond donors (Lipinski definition) is 1. The van der Waals surface area contributed by atoms with Gasteiger partial charge in [0.05, 0.1) is 5.52 Å². The Bertz CT molecular complexity index is 937. The van der Waals surface area contributed by atoms with Crippen LogP contribution in [0.5, 0.6) is 0 Å². The molecule has 24 heavy (non-hydrogen) atoms. The number of carbonyl (C=O) groups is 1. The summed E-state index contributed by atoms with van der Waals surface area (Å²) in [6.45, 7) is 4.75. The van der Waals surface area contributed by atoms with E-state index in [9.17, 15) is 9.59 Å². The molecule has 0 fully saturated rings. The maximum absolute atomic E-state index is 12.7. The van der Waals surface area contributed by atoms with E-state index >= 15 is 0 Å². The van der Waals surface area contributed by atoms with Crippen molar-refractivity contribution in [1.82, 2.24) is 24.5 Å². The lowest BCUT2D eigenvalue weighted by Crippen LogP contribution is -2.24. The lowest BCUT2D eigenvalue weighted by Gasteiger charge is -2.11. The Morgan fingerprint density at radius 1 is 1.38 bits per heavy atom. The smallest absolute Gasteiger partial charge is 0.272 e. The van der Waals surface area contributed by atoms with Gasteiger partial charge in [0.15, 0.2) is 0 Å². The van der Waals surface area contributed by atoms with Crippen molar-refractivity contribution in [3.8, 4) is 0 Å². The van der Waals surface area contributed by atoms with Gasteiger partial charge in [0.1, 0.15) is 10.5 Å². The zero-order valence-electron chi connectivity index (χ0n) is 14.1. The minimum atomic E-state index is -0.00879.